The Morgan fingerprint density at radius 1 is 1.00 bits per heavy atom. The molecule has 2 saturated carbocycles. The summed E-state index contributed by atoms with van der Waals surface area (Å²) in [6, 6.07) is 0. The van der Waals surface area contributed by atoms with Crippen molar-refractivity contribution in [1.82, 2.24) is 0 Å². The molecule has 0 N–H and O–H groups in total. The second-order valence-corrected chi connectivity index (χ2v) is 7.22. The molecule has 108 valence electrons. The molecule has 0 atom stereocenters. The van der Waals surface area contributed by atoms with E-state index in [1.807, 2.05) is 0 Å². The quantitative estimate of drug-likeness (QED) is 0.542. The average Bonchev–Trinajstić information content (AvgIpc) is 3.02. The van der Waals surface area contributed by atoms with Gasteiger partial charge >= 0.3 is 7.60 Å². The van der Waals surface area contributed by atoms with Crippen molar-refractivity contribution in [2.45, 2.75) is 70.5 Å². The third-order valence-corrected chi connectivity index (χ3v) is 5.60. The molecule has 0 radical (unpaired) electrons. The van der Waals surface area contributed by atoms with Crippen molar-refractivity contribution in [3.8, 4) is 0 Å². The predicted octanol–water partition coefficient (Wildman–Crippen LogP) is 4.20. The maximum absolute atomic E-state index is 12.8. The van der Waals surface area contributed by atoms with E-state index < -0.39 is 13.1 Å². The van der Waals surface area contributed by atoms with Crippen LogP contribution in [0.2, 0.25) is 0 Å². The molecular formula is C14H23O4P. The maximum Gasteiger partial charge on any atom is 0.401 e. The largest absolute Gasteiger partial charge is 0.401 e. The van der Waals surface area contributed by atoms with E-state index in [2.05, 4.69) is 0 Å². The Morgan fingerprint density at radius 2 is 1.42 bits per heavy atom. The molecule has 5 heteroatoms. The third kappa shape index (κ3) is 4.01. The number of carbonyl (C=O) groups is 1. The van der Waals surface area contributed by atoms with E-state index in [1.165, 1.54) is 6.08 Å². The Morgan fingerprint density at radius 3 is 1.79 bits per heavy atom. The molecule has 0 saturated heterocycles. The SMILES string of the molecule is C/C=C/C(=O)P(=O)(OC1CCCC1)OC1CCCC1. The van der Waals surface area contributed by atoms with Gasteiger partial charge in [0.1, 0.15) is 0 Å². The molecule has 0 aromatic rings. The molecule has 4 nitrogen and oxygen atoms in total. The monoisotopic (exact) mass is 286 g/mol. The Bertz CT molecular complexity index is 357. The summed E-state index contributed by atoms with van der Waals surface area (Å²) in [6.07, 6.45) is 10.5. The van der Waals surface area contributed by atoms with E-state index in [9.17, 15) is 9.36 Å². The Hall–Kier alpha value is -0.440. The zero-order chi connectivity index (χ0) is 13.7. The van der Waals surface area contributed by atoms with Gasteiger partial charge in [0.15, 0.2) is 0 Å². The lowest BCUT2D eigenvalue weighted by atomic mass is 10.3. The minimum atomic E-state index is -3.65. The van der Waals surface area contributed by atoms with Gasteiger partial charge in [0.05, 0.1) is 12.2 Å². The molecule has 2 rings (SSSR count). The van der Waals surface area contributed by atoms with Crippen LogP contribution in [0.15, 0.2) is 12.2 Å². The minimum Gasteiger partial charge on any atom is -0.300 e. The first kappa shape index (κ1) is 15.0. The molecular weight excluding hydrogens is 263 g/mol. The first-order valence-electron chi connectivity index (χ1n) is 7.28. The van der Waals surface area contributed by atoms with Crippen molar-refractivity contribution < 1.29 is 18.4 Å². The van der Waals surface area contributed by atoms with E-state index >= 15 is 0 Å². The van der Waals surface area contributed by atoms with Crippen molar-refractivity contribution in [1.29, 1.82) is 0 Å². The molecule has 0 aliphatic heterocycles. The molecule has 0 bridgehead atoms. The van der Waals surface area contributed by atoms with Crippen LogP contribution in [0.4, 0.5) is 0 Å². The van der Waals surface area contributed by atoms with Crippen LogP contribution in [-0.4, -0.2) is 17.7 Å². The van der Waals surface area contributed by atoms with Crippen LogP contribution in [0.3, 0.4) is 0 Å². The number of hydrogen-bond donors (Lipinski definition) is 0. The highest BCUT2D eigenvalue weighted by atomic mass is 31.2. The van der Waals surface area contributed by atoms with Crippen molar-refractivity contribution in [2.75, 3.05) is 0 Å². The Kier molecular flexibility index (Phi) is 5.37. The summed E-state index contributed by atoms with van der Waals surface area (Å²) >= 11 is 0. The van der Waals surface area contributed by atoms with Crippen LogP contribution in [0.25, 0.3) is 0 Å². The highest BCUT2D eigenvalue weighted by Gasteiger charge is 2.39. The van der Waals surface area contributed by atoms with Crippen molar-refractivity contribution in [3.63, 3.8) is 0 Å². The molecule has 19 heavy (non-hydrogen) atoms. The number of rotatable bonds is 6. The number of allylic oxidation sites excluding steroid dienone is 2. The van der Waals surface area contributed by atoms with Crippen LogP contribution in [-0.2, 0) is 18.4 Å². The van der Waals surface area contributed by atoms with Crippen LogP contribution >= 0.6 is 7.60 Å². The lowest BCUT2D eigenvalue weighted by Crippen LogP contribution is -2.16. The lowest BCUT2D eigenvalue weighted by Gasteiger charge is -2.23. The van der Waals surface area contributed by atoms with Gasteiger partial charge < -0.3 is 0 Å². The van der Waals surface area contributed by atoms with Crippen LogP contribution in [0.1, 0.15) is 58.3 Å². The van der Waals surface area contributed by atoms with Crippen molar-refractivity contribution in [2.24, 2.45) is 0 Å². The smallest absolute Gasteiger partial charge is 0.300 e. The molecule has 0 heterocycles. The molecule has 2 aliphatic carbocycles. The molecule has 0 aromatic carbocycles. The van der Waals surface area contributed by atoms with Crippen molar-refractivity contribution in [3.05, 3.63) is 12.2 Å². The van der Waals surface area contributed by atoms with Gasteiger partial charge in [-0.15, -0.1) is 0 Å². The summed E-state index contributed by atoms with van der Waals surface area (Å²) in [4.78, 5) is 12.0. The van der Waals surface area contributed by atoms with Gasteiger partial charge in [0, 0.05) is 0 Å². The number of carbonyl (C=O) groups excluding carboxylic acids is 1. The van der Waals surface area contributed by atoms with E-state index in [0.717, 1.165) is 51.4 Å². The zero-order valence-corrected chi connectivity index (χ0v) is 12.4. The fourth-order valence-corrected chi connectivity index (χ4v) is 4.54. The van der Waals surface area contributed by atoms with E-state index in [1.54, 1.807) is 13.0 Å². The zero-order valence-electron chi connectivity index (χ0n) is 11.5. The van der Waals surface area contributed by atoms with E-state index in [-0.39, 0.29) is 12.2 Å². The minimum absolute atomic E-state index is 0.0820. The lowest BCUT2D eigenvalue weighted by molar-refractivity contribution is -0.110. The molecule has 0 amide bonds. The highest BCUT2D eigenvalue weighted by molar-refractivity contribution is 7.72. The summed E-state index contributed by atoms with van der Waals surface area (Å²) in [7, 11) is -3.65. The summed E-state index contributed by atoms with van der Waals surface area (Å²) in [5.74, 6) is 0. The fraction of sp³-hybridized carbons (Fsp3) is 0.786. The normalized spacial score (nSPS) is 22.6. The molecule has 0 unspecified atom stereocenters. The first-order valence-corrected chi connectivity index (χ1v) is 8.82. The summed E-state index contributed by atoms with van der Waals surface area (Å²) < 4.78 is 24.0. The van der Waals surface area contributed by atoms with Gasteiger partial charge in [0.25, 0.3) is 5.52 Å². The molecule has 0 spiro atoms. The van der Waals surface area contributed by atoms with Crippen molar-refractivity contribution >= 4 is 13.1 Å². The standard InChI is InChI=1S/C14H23O4P/c1-2-7-14(15)19(16,17-12-8-3-4-9-12)18-13-10-5-6-11-13/h2,7,12-13H,3-6,8-11H2,1H3/b7-2+. The summed E-state index contributed by atoms with van der Waals surface area (Å²) in [5.41, 5.74) is -0.506. The summed E-state index contributed by atoms with van der Waals surface area (Å²) in [5, 5.41) is 0. The van der Waals surface area contributed by atoms with Gasteiger partial charge in [0.2, 0.25) is 0 Å². The second kappa shape index (κ2) is 6.83. The Balaban J connectivity index is 2.05. The topological polar surface area (TPSA) is 52.6 Å². The van der Waals surface area contributed by atoms with Crippen LogP contribution in [0.5, 0.6) is 0 Å². The van der Waals surface area contributed by atoms with Crippen LogP contribution in [0, 0.1) is 0 Å². The molecule has 2 aliphatic rings. The van der Waals surface area contributed by atoms with Crippen LogP contribution < -0.4 is 0 Å². The first-order chi connectivity index (χ1) is 9.14. The van der Waals surface area contributed by atoms with E-state index in [4.69, 9.17) is 9.05 Å². The maximum atomic E-state index is 12.8. The van der Waals surface area contributed by atoms with Gasteiger partial charge in [-0.1, -0.05) is 31.8 Å². The van der Waals surface area contributed by atoms with Gasteiger partial charge in [-0.2, -0.15) is 0 Å². The fourth-order valence-electron chi connectivity index (χ4n) is 2.74. The average molecular weight is 286 g/mol. The third-order valence-electron chi connectivity index (χ3n) is 3.76. The second-order valence-electron chi connectivity index (χ2n) is 5.36. The summed E-state index contributed by atoms with van der Waals surface area (Å²) in [6.45, 7) is 1.73. The van der Waals surface area contributed by atoms with Gasteiger partial charge in [-0.25, -0.2) is 0 Å². The predicted molar refractivity (Wildman–Crippen MR) is 74.1 cm³/mol. The molecule has 2 fully saturated rings. The Labute approximate surface area is 115 Å². The molecule has 0 aromatic heterocycles. The van der Waals surface area contributed by atoms with Gasteiger partial charge in [-0.05, 0) is 38.7 Å². The van der Waals surface area contributed by atoms with E-state index in [0.29, 0.717) is 0 Å². The highest BCUT2D eigenvalue weighted by Crippen LogP contribution is 2.54. The van der Waals surface area contributed by atoms with Gasteiger partial charge in [-0.3, -0.25) is 18.4 Å². The number of hydrogen-bond acceptors (Lipinski definition) is 4.